The van der Waals surface area contributed by atoms with Crippen LogP contribution in [0.5, 0.6) is 5.75 Å². The Labute approximate surface area is 185 Å². The summed E-state index contributed by atoms with van der Waals surface area (Å²) in [5.41, 5.74) is 3.81. The average Bonchev–Trinajstić information content (AvgIpc) is 3.52. The Morgan fingerprint density at radius 2 is 1.48 bits per heavy atom. The summed E-state index contributed by atoms with van der Waals surface area (Å²) in [4.78, 5) is 16.5. The minimum absolute atomic E-state index is 0.235. The molecule has 154 valence electrons. The first-order chi connectivity index (χ1) is 15.2. The molecule has 4 heterocycles. The Balaban J connectivity index is 0.000000166. The van der Waals surface area contributed by atoms with Gasteiger partial charge in [0.25, 0.3) is 0 Å². The summed E-state index contributed by atoms with van der Waals surface area (Å²) < 4.78 is 12.3. The summed E-state index contributed by atoms with van der Waals surface area (Å²) in [6.45, 7) is 0. The van der Waals surface area contributed by atoms with Crippen molar-refractivity contribution in [1.82, 2.24) is 19.9 Å². The van der Waals surface area contributed by atoms with Gasteiger partial charge < -0.3 is 10.4 Å². The van der Waals surface area contributed by atoms with Crippen molar-refractivity contribution in [3.63, 3.8) is 0 Å². The summed E-state index contributed by atoms with van der Waals surface area (Å²) in [5.74, 6) is 0.768. The monoisotopic (exact) mass is 449 g/mol. The van der Waals surface area contributed by atoms with E-state index in [0.29, 0.717) is 5.95 Å². The average molecular weight is 450 g/mol. The molecule has 0 bridgehead atoms. The van der Waals surface area contributed by atoms with E-state index in [9.17, 15) is 9.50 Å². The lowest BCUT2D eigenvalue weighted by molar-refractivity contribution is 0.475. The molecule has 5 aromatic rings. The second kappa shape index (κ2) is 9.88. The van der Waals surface area contributed by atoms with Crippen LogP contribution >= 0.6 is 22.7 Å². The Morgan fingerprint density at radius 1 is 0.774 bits per heavy atom. The van der Waals surface area contributed by atoms with Crippen LogP contribution in [0.3, 0.4) is 0 Å². The van der Waals surface area contributed by atoms with Crippen LogP contribution in [0.2, 0.25) is 0 Å². The van der Waals surface area contributed by atoms with E-state index >= 15 is 0 Å². The Bertz CT molecular complexity index is 1190. The molecule has 1 aromatic carbocycles. The fourth-order valence-corrected chi connectivity index (χ4v) is 3.89. The van der Waals surface area contributed by atoms with E-state index in [0.717, 1.165) is 27.3 Å². The van der Waals surface area contributed by atoms with Gasteiger partial charge in [0.1, 0.15) is 5.75 Å². The fraction of sp³-hybridized carbons (Fsp3) is 0. The van der Waals surface area contributed by atoms with Crippen molar-refractivity contribution in [2.24, 2.45) is 0 Å². The van der Waals surface area contributed by atoms with Gasteiger partial charge in [-0.2, -0.15) is 15.7 Å². The van der Waals surface area contributed by atoms with E-state index in [4.69, 9.17) is 0 Å². The number of phenols is 1. The number of phenolic OH excluding ortho intramolecular Hbond substituents is 1. The van der Waals surface area contributed by atoms with Crippen LogP contribution in [0.25, 0.3) is 21.6 Å². The molecule has 5 rings (SSSR count). The molecule has 0 aliphatic rings. The highest BCUT2D eigenvalue weighted by Gasteiger charge is 2.02. The van der Waals surface area contributed by atoms with E-state index in [-0.39, 0.29) is 5.75 Å². The third-order valence-electron chi connectivity index (χ3n) is 4.06. The molecule has 0 fully saturated rings. The van der Waals surface area contributed by atoms with Crippen LogP contribution in [-0.4, -0.2) is 25.0 Å². The number of halogens is 1. The zero-order chi connectivity index (χ0) is 21.5. The molecular weight excluding hydrogens is 433 g/mol. The predicted octanol–water partition coefficient (Wildman–Crippen LogP) is 6.00. The number of thiophene rings is 2. The van der Waals surface area contributed by atoms with Crippen LogP contribution in [0.1, 0.15) is 0 Å². The molecule has 2 N–H and O–H groups in total. The maximum Gasteiger partial charge on any atom is 0.308 e. The van der Waals surface area contributed by atoms with Crippen molar-refractivity contribution in [2.45, 2.75) is 0 Å². The van der Waals surface area contributed by atoms with Gasteiger partial charge >= 0.3 is 6.08 Å². The number of nitrogens with one attached hydrogen (secondary N) is 1. The van der Waals surface area contributed by atoms with Crippen molar-refractivity contribution in [1.29, 1.82) is 0 Å². The smallest absolute Gasteiger partial charge is 0.308 e. The van der Waals surface area contributed by atoms with Crippen LogP contribution in [0, 0.1) is 6.08 Å². The van der Waals surface area contributed by atoms with Crippen LogP contribution in [0.4, 0.5) is 16.0 Å². The molecule has 9 heteroatoms. The predicted molar refractivity (Wildman–Crippen MR) is 122 cm³/mol. The van der Waals surface area contributed by atoms with Gasteiger partial charge in [-0.15, -0.1) is 11.3 Å². The number of hydrogen-bond acceptors (Lipinski definition) is 8. The first-order valence-electron chi connectivity index (χ1n) is 9.09. The van der Waals surface area contributed by atoms with Gasteiger partial charge in [0.15, 0.2) is 0 Å². The largest absolute Gasteiger partial charge is 0.508 e. The molecular formula is C22H16FN5OS2. The van der Waals surface area contributed by atoms with Crippen LogP contribution in [-0.2, 0) is 0 Å². The molecule has 4 aromatic heterocycles. The third kappa shape index (κ3) is 5.68. The van der Waals surface area contributed by atoms with Gasteiger partial charge in [-0.25, -0.2) is 19.9 Å². The van der Waals surface area contributed by atoms with Gasteiger partial charge in [-0.3, -0.25) is 0 Å². The number of rotatable bonds is 4. The van der Waals surface area contributed by atoms with E-state index < -0.39 is 6.08 Å². The van der Waals surface area contributed by atoms with Crippen LogP contribution in [0.15, 0.2) is 83.4 Å². The Hall–Kier alpha value is -3.69. The first-order valence-corrected chi connectivity index (χ1v) is 10.9. The second-order valence-electron chi connectivity index (χ2n) is 6.20. The SMILES string of the molecule is Fc1ncc(-c2cccs2)cn1.Oc1ccc(Nc2ncc(-c3ccsc3)cn2)cc1. The Kier molecular flexibility index (Phi) is 6.56. The molecule has 0 saturated heterocycles. The molecule has 6 nitrogen and oxygen atoms in total. The van der Waals surface area contributed by atoms with Gasteiger partial charge in [-0.1, -0.05) is 6.07 Å². The lowest BCUT2D eigenvalue weighted by Gasteiger charge is -2.05. The van der Waals surface area contributed by atoms with Gasteiger partial charge in [0.05, 0.1) is 0 Å². The molecule has 0 unspecified atom stereocenters. The van der Waals surface area contributed by atoms with E-state index in [1.54, 1.807) is 59.3 Å². The Morgan fingerprint density at radius 3 is 2.10 bits per heavy atom. The summed E-state index contributed by atoms with van der Waals surface area (Å²) in [5, 5.41) is 18.3. The maximum atomic E-state index is 12.3. The minimum Gasteiger partial charge on any atom is -0.508 e. The van der Waals surface area contributed by atoms with E-state index in [1.165, 1.54) is 12.4 Å². The highest BCUT2D eigenvalue weighted by atomic mass is 32.1. The summed E-state index contributed by atoms with van der Waals surface area (Å²) >= 11 is 3.23. The van der Waals surface area contributed by atoms with E-state index in [1.807, 2.05) is 29.0 Å². The van der Waals surface area contributed by atoms with E-state index in [2.05, 4.69) is 30.6 Å². The number of hydrogen-bond donors (Lipinski definition) is 2. The minimum atomic E-state index is -0.685. The summed E-state index contributed by atoms with van der Waals surface area (Å²) in [6, 6.07) is 12.7. The second-order valence-corrected chi connectivity index (χ2v) is 7.93. The molecule has 0 saturated carbocycles. The van der Waals surface area contributed by atoms with Crippen molar-refractivity contribution < 1.29 is 9.50 Å². The molecule has 0 radical (unpaired) electrons. The van der Waals surface area contributed by atoms with Crippen molar-refractivity contribution in [2.75, 3.05) is 5.32 Å². The molecule has 0 spiro atoms. The summed E-state index contributed by atoms with van der Waals surface area (Å²) in [6.07, 6.45) is 5.85. The summed E-state index contributed by atoms with van der Waals surface area (Å²) in [7, 11) is 0. The number of nitrogens with zero attached hydrogens (tertiary/aromatic N) is 4. The molecule has 0 aliphatic heterocycles. The molecule has 0 amide bonds. The highest BCUT2D eigenvalue weighted by Crippen LogP contribution is 2.23. The van der Waals surface area contributed by atoms with Crippen molar-refractivity contribution >= 4 is 34.3 Å². The third-order valence-corrected chi connectivity index (χ3v) is 5.66. The zero-order valence-electron chi connectivity index (χ0n) is 16.0. The van der Waals surface area contributed by atoms with Crippen LogP contribution < -0.4 is 5.32 Å². The van der Waals surface area contributed by atoms with Gasteiger partial charge in [0.2, 0.25) is 5.95 Å². The van der Waals surface area contributed by atoms with Gasteiger partial charge in [0, 0.05) is 46.5 Å². The standard InChI is InChI=1S/C14H11N3OS.C8H5FN2S/c18-13-3-1-12(2-4-13)17-14-15-7-11(8-16-14)10-5-6-19-9-10;9-8-10-4-6(5-11-8)7-2-1-3-12-7/h1-9,18H,(H,15,16,17);1-5H. The molecule has 31 heavy (non-hydrogen) atoms. The topological polar surface area (TPSA) is 83.8 Å². The zero-order valence-corrected chi connectivity index (χ0v) is 17.6. The highest BCUT2D eigenvalue weighted by molar-refractivity contribution is 7.13. The normalized spacial score (nSPS) is 10.2. The maximum absolute atomic E-state index is 12.3. The number of aromatic nitrogens is 4. The molecule has 0 aliphatic carbocycles. The van der Waals surface area contributed by atoms with Gasteiger partial charge in [-0.05, 0) is 58.1 Å². The first kappa shape index (κ1) is 20.6. The lowest BCUT2D eigenvalue weighted by Crippen LogP contribution is -1.96. The number of anilines is 2. The lowest BCUT2D eigenvalue weighted by atomic mass is 10.2. The number of benzene rings is 1. The van der Waals surface area contributed by atoms with Crippen molar-refractivity contribution in [3.8, 4) is 27.3 Å². The van der Waals surface area contributed by atoms with Crippen molar-refractivity contribution in [3.05, 3.63) is 89.5 Å². The quantitative estimate of drug-likeness (QED) is 0.259. The molecule has 0 atom stereocenters. The number of aromatic hydroxyl groups is 1. The fourth-order valence-electron chi connectivity index (χ4n) is 2.53.